The SMILES string of the molecule is NC(=O)c1ccc(-c2c(O)c3c(O)cc(O)cc3oc2=O)cc1. The van der Waals surface area contributed by atoms with Gasteiger partial charge in [-0.3, -0.25) is 4.79 Å². The lowest BCUT2D eigenvalue weighted by atomic mass is 10.0. The molecule has 1 heterocycles. The van der Waals surface area contributed by atoms with Crippen molar-refractivity contribution < 1.29 is 24.5 Å². The van der Waals surface area contributed by atoms with Crippen molar-refractivity contribution in [2.75, 3.05) is 0 Å². The third-order valence-corrected chi connectivity index (χ3v) is 3.40. The highest BCUT2D eigenvalue weighted by atomic mass is 16.4. The maximum Gasteiger partial charge on any atom is 0.347 e. The lowest BCUT2D eigenvalue weighted by Gasteiger charge is -2.08. The highest BCUT2D eigenvalue weighted by Gasteiger charge is 2.19. The Morgan fingerprint density at radius 3 is 2.30 bits per heavy atom. The Balaban J connectivity index is 2.29. The molecule has 0 bridgehead atoms. The number of phenolic OH excluding ortho intramolecular Hbond substituents is 2. The molecule has 0 aliphatic carbocycles. The van der Waals surface area contributed by atoms with E-state index in [9.17, 15) is 24.9 Å². The molecule has 7 nitrogen and oxygen atoms in total. The number of primary amides is 1. The number of carbonyl (C=O) groups excluding carboxylic acids is 1. The molecule has 0 fully saturated rings. The summed E-state index contributed by atoms with van der Waals surface area (Å²) >= 11 is 0. The smallest absolute Gasteiger partial charge is 0.347 e. The normalized spacial score (nSPS) is 10.8. The highest BCUT2D eigenvalue weighted by molar-refractivity contribution is 5.96. The van der Waals surface area contributed by atoms with Crippen molar-refractivity contribution in [2.24, 2.45) is 5.73 Å². The topological polar surface area (TPSA) is 134 Å². The summed E-state index contributed by atoms with van der Waals surface area (Å²) in [5.41, 5.74) is 4.50. The van der Waals surface area contributed by atoms with E-state index in [1.807, 2.05) is 0 Å². The molecule has 23 heavy (non-hydrogen) atoms. The molecule has 7 heteroatoms. The summed E-state index contributed by atoms with van der Waals surface area (Å²) in [4.78, 5) is 23.2. The van der Waals surface area contributed by atoms with Gasteiger partial charge in [0.15, 0.2) is 0 Å². The van der Waals surface area contributed by atoms with Crippen LogP contribution in [0.1, 0.15) is 10.4 Å². The van der Waals surface area contributed by atoms with Crippen molar-refractivity contribution in [1.82, 2.24) is 0 Å². The van der Waals surface area contributed by atoms with E-state index >= 15 is 0 Å². The van der Waals surface area contributed by atoms with Gasteiger partial charge in [-0.2, -0.15) is 0 Å². The molecule has 0 unspecified atom stereocenters. The van der Waals surface area contributed by atoms with Crippen LogP contribution in [0.3, 0.4) is 0 Å². The molecule has 1 aromatic heterocycles. The van der Waals surface area contributed by atoms with Crippen molar-refractivity contribution in [3.05, 3.63) is 52.4 Å². The number of phenols is 2. The number of benzene rings is 2. The van der Waals surface area contributed by atoms with Crippen LogP contribution in [0.2, 0.25) is 0 Å². The first-order chi connectivity index (χ1) is 10.9. The summed E-state index contributed by atoms with van der Waals surface area (Å²) in [6, 6.07) is 7.78. The molecule has 0 saturated heterocycles. The molecule has 0 saturated carbocycles. The second-order valence-corrected chi connectivity index (χ2v) is 4.89. The van der Waals surface area contributed by atoms with Crippen LogP contribution in [-0.4, -0.2) is 21.2 Å². The zero-order valence-electron chi connectivity index (χ0n) is 11.6. The fourth-order valence-electron chi connectivity index (χ4n) is 2.33. The molecule has 2 aromatic carbocycles. The van der Waals surface area contributed by atoms with Crippen LogP contribution in [0.15, 0.2) is 45.6 Å². The van der Waals surface area contributed by atoms with Crippen LogP contribution in [-0.2, 0) is 0 Å². The molecule has 1 amide bonds. The van der Waals surface area contributed by atoms with Gasteiger partial charge in [0.2, 0.25) is 5.91 Å². The van der Waals surface area contributed by atoms with E-state index in [0.717, 1.165) is 12.1 Å². The number of fused-ring (bicyclic) bond motifs is 1. The minimum Gasteiger partial charge on any atom is -0.508 e. The van der Waals surface area contributed by atoms with Gasteiger partial charge < -0.3 is 25.5 Å². The number of aromatic hydroxyl groups is 3. The van der Waals surface area contributed by atoms with Crippen molar-refractivity contribution in [3.63, 3.8) is 0 Å². The third kappa shape index (κ3) is 2.34. The molecular formula is C16H11NO6. The highest BCUT2D eigenvalue weighted by Crippen LogP contribution is 2.39. The van der Waals surface area contributed by atoms with E-state index in [1.54, 1.807) is 0 Å². The number of hydrogen-bond acceptors (Lipinski definition) is 6. The Hall–Kier alpha value is -3.48. The predicted molar refractivity (Wildman–Crippen MR) is 81.4 cm³/mol. The van der Waals surface area contributed by atoms with E-state index in [-0.39, 0.29) is 33.4 Å². The fourth-order valence-corrected chi connectivity index (χ4v) is 2.33. The van der Waals surface area contributed by atoms with Gasteiger partial charge in [0.05, 0.1) is 0 Å². The zero-order valence-corrected chi connectivity index (χ0v) is 11.6. The zero-order chi connectivity index (χ0) is 16.7. The van der Waals surface area contributed by atoms with Crippen LogP contribution in [0.4, 0.5) is 0 Å². The van der Waals surface area contributed by atoms with Gasteiger partial charge >= 0.3 is 5.63 Å². The Kier molecular flexibility index (Phi) is 3.18. The minimum absolute atomic E-state index is 0.101. The summed E-state index contributed by atoms with van der Waals surface area (Å²) in [6.45, 7) is 0. The Morgan fingerprint density at radius 2 is 1.70 bits per heavy atom. The van der Waals surface area contributed by atoms with Crippen LogP contribution in [0.5, 0.6) is 17.2 Å². The standard InChI is InChI=1S/C16H11NO6/c17-15(21)8-3-1-7(2-4-8)12-14(20)13-10(19)5-9(18)6-11(13)23-16(12)22/h1-6,18-20H,(H2,17,21). The van der Waals surface area contributed by atoms with Crippen molar-refractivity contribution in [2.45, 2.75) is 0 Å². The van der Waals surface area contributed by atoms with Gasteiger partial charge in [-0.05, 0) is 17.7 Å². The monoisotopic (exact) mass is 313 g/mol. The van der Waals surface area contributed by atoms with Gasteiger partial charge in [-0.25, -0.2) is 4.79 Å². The molecule has 3 rings (SSSR count). The second kappa shape index (κ2) is 5.06. The predicted octanol–water partition coefficient (Wildman–Crippen LogP) is 1.68. The Labute approximate surface area is 128 Å². The molecule has 3 aromatic rings. The number of amides is 1. The quantitative estimate of drug-likeness (QED) is 0.532. The molecule has 0 atom stereocenters. The van der Waals surface area contributed by atoms with Crippen LogP contribution >= 0.6 is 0 Å². The van der Waals surface area contributed by atoms with E-state index in [4.69, 9.17) is 10.2 Å². The Morgan fingerprint density at radius 1 is 1.04 bits per heavy atom. The number of nitrogens with two attached hydrogens (primary N) is 1. The van der Waals surface area contributed by atoms with E-state index < -0.39 is 23.0 Å². The average Bonchev–Trinajstić information content (AvgIpc) is 2.46. The fraction of sp³-hybridized carbons (Fsp3) is 0. The van der Waals surface area contributed by atoms with Crippen molar-refractivity contribution in [1.29, 1.82) is 0 Å². The Bertz CT molecular complexity index is 988. The second-order valence-electron chi connectivity index (χ2n) is 4.89. The van der Waals surface area contributed by atoms with E-state index in [2.05, 4.69) is 0 Å². The van der Waals surface area contributed by atoms with Crippen LogP contribution in [0, 0.1) is 0 Å². The minimum atomic E-state index is -0.855. The summed E-state index contributed by atoms with van der Waals surface area (Å²) < 4.78 is 5.04. The third-order valence-electron chi connectivity index (χ3n) is 3.40. The van der Waals surface area contributed by atoms with E-state index in [1.165, 1.54) is 24.3 Å². The first-order valence-corrected chi connectivity index (χ1v) is 6.50. The molecule has 0 aliphatic rings. The first kappa shape index (κ1) is 14.5. The van der Waals surface area contributed by atoms with Crippen LogP contribution in [0.25, 0.3) is 22.1 Å². The van der Waals surface area contributed by atoms with Gasteiger partial charge in [-0.1, -0.05) is 12.1 Å². The maximum absolute atomic E-state index is 12.1. The molecule has 116 valence electrons. The maximum atomic E-state index is 12.1. The first-order valence-electron chi connectivity index (χ1n) is 6.50. The number of rotatable bonds is 2. The number of hydrogen-bond donors (Lipinski definition) is 4. The lowest BCUT2D eigenvalue weighted by Crippen LogP contribution is -2.10. The van der Waals surface area contributed by atoms with Crippen LogP contribution < -0.4 is 11.4 Å². The van der Waals surface area contributed by atoms with E-state index in [0.29, 0.717) is 0 Å². The molecule has 0 spiro atoms. The molecule has 0 radical (unpaired) electrons. The molecular weight excluding hydrogens is 302 g/mol. The average molecular weight is 313 g/mol. The summed E-state index contributed by atoms with van der Waals surface area (Å²) in [5, 5.41) is 29.5. The molecule has 5 N–H and O–H groups in total. The molecule has 0 aliphatic heterocycles. The summed E-state index contributed by atoms with van der Waals surface area (Å²) in [5.74, 6) is -1.85. The van der Waals surface area contributed by atoms with Crippen molar-refractivity contribution >= 4 is 16.9 Å². The summed E-state index contributed by atoms with van der Waals surface area (Å²) in [7, 11) is 0. The van der Waals surface area contributed by atoms with Gasteiger partial charge in [0.1, 0.15) is 33.8 Å². The van der Waals surface area contributed by atoms with Gasteiger partial charge in [-0.15, -0.1) is 0 Å². The van der Waals surface area contributed by atoms with Gasteiger partial charge in [0, 0.05) is 17.7 Å². The lowest BCUT2D eigenvalue weighted by molar-refractivity contribution is 0.100. The largest absolute Gasteiger partial charge is 0.508 e. The summed E-state index contributed by atoms with van der Waals surface area (Å²) in [6.07, 6.45) is 0. The number of carbonyl (C=O) groups is 1. The van der Waals surface area contributed by atoms with Gasteiger partial charge in [0.25, 0.3) is 0 Å². The van der Waals surface area contributed by atoms with Crippen molar-refractivity contribution in [3.8, 4) is 28.4 Å².